The van der Waals surface area contributed by atoms with Gasteiger partial charge in [0.25, 0.3) is 0 Å². The molecule has 0 spiro atoms. The van der Waals surface area contributed by atoms with E-state index < -0.39 is 0 Å². The summed E-state index contributed by atoms with van der Waals surface area (Å²) in [6.45, 7) is 5.15. The Kier molecular flexibility index (Phi) is 3.78. The Morgan fingerprint density at radius 3 is 2.41 bits per heavy atom. The minimum absolute atomic E-state index is 0.616. The van der Waals surface area contributed by atoms with Gasteiger partial charge in [0.1, 0.15) is 0 Å². The Labute approximate surface area is 105 Å². The van der Waals surface area contributed by atoms with Gasteiger partial charge in [0, 0.05) is 12.1 Å². The third kappa shape index (κ3) is 2.49. The number of aromatic nitrogens is 2. The average molecular weight is 252 g/mol. The Morgan fingerprint density at radius 2 is 1.82 bits per heavy atom. The number of fused-ring (bicyclic) bond motifs is 1. The van der Waals surface area contributed by atoms with Crippen LogP contribution in [0.2, 0.25) is 0 Å². The molecule has 0 fully saturated rings. The molecule has 0 aliphatic carbocycles. The van der Waals surface area contributed by atoms with Gasteiger partial charge in [-0.2, -0.15) is 0 Å². The number of nitrogens with one attached hydrogen (secondary N) is 1. The fraction of sp³-hybridized carbons (Fsp3) is 0.417. The lowest BCUT2D eigenvalue weighted by molar-refractivity contribution is 0.288. The Balaban J connectivity index is 2.48. The van der Waals surface area contributed by atoms with Crippen LogP contribution in [-0.4, -0.2) is 29.4 Å². The lowest BCUT2D eigenvalue weighted by atomic mass is 10.2. The van der Waals surface area contributed by atoms with E-state index in [4.69, 9.17) is 9.47 Å². The van der Waals surface area contributed by atoms with Crippen LogP contribution in [0, 0.1) is 0 Å². The molecule has 4 nitrogen and oxygen atoms in total. The van der Waals surface area contributed by atoms with Gasteiger partial charge >= 0.3 is 0 Å². The molecule has 1 N–H and O–H groups in total. The zero-order valence-corrected chi connectivity index (χ0v) is 11.1. The van der Waals surface area contributed by atoms with Crippen molar-refractivity contribution >= 4 is 22.8 Å². The second-order valence-electron chi connectivity index (χ2n) is 3.43. The maximum Gasteiger partial charge on any atom is 0.166 e. The number of hydrogen-bond donors (Lipinski definition) is 1. The van der Waals surface area contributed by atoms with Crippen molar-refractivity contribution in [1.82, 2.24) is 9.97 Å². The smallest absolute Gasteiger partial charge is 0.166 e. The van der Waals surface area contributed by atoms with Gasteiger partial charge in [0.05, 0.1) is 24.2 Å². The lowest BCUT2D eigenvalue weighted by Gasteiger charge is -2.10. The number of ether oxygens (including phenoxy) is 2. The predicted octanol–water partition coefficient (Wildman–Crippen LogP) is 3.08. The normalized spacial score (nSPS) is 10.8. The van der Waals surface area contributed by atoms with Crippen molar-refractivity contribution in [3.8, 4) is 11.5 Å². The molecule has 0 amide bonds. The first kappa shape index (κ1) is 12.1. The summed E-state index contributed by atoms with van der Waals surface area (Å²) >= 11 is 1.58. The van der Waals surface area contributed by atoms with E-state index in [1.165, 1.54) is 0 Å². The second kappa shape index (κ2) is 5.31. The van der Waals surface area contributed by atoms with Crippen LogP contribution in [0.25, 0.3) is 11.0 Å². The molecule has 2 aromatic rings. The number of benzene rings is 1. The van der Waals surface area contributed by atoms with Gasteiger partial charge in [-0.15, -0.1) is 0 Å². The molecule has 2 rings (SSSR count). The molecule has 0 aliphatic rings. The number of rotatable bonds is 5. The molecule has 0 radical (unpaired) electrons. The second-order valence-corrected chi connectivity index (χ2v) is 4.22. The zero-order chi connectivity index (χ0) is 12.3. The molecule has 0 saturated carbocycles. The molecular weight excluding hydrogens is 236 g/mol. The van der Waals surface area contributed by atoms with Crippen LogP contribution in [0.15, 0.2) is 17.3 Å². The minimum atomic E-state index is 0.616. The minimum Gasteiger partial charge on any atom is -0.490 e. The number of aromatic amines is 1. The van der Waals surface area contributed by atoms with E-state index in [1.54, 1.807) is 11.8 Å². The number of nitrogens with zero attached hydrogens (tertiary/aromatic N) is 1. The topological polar surface area (TPSA) is 47.1 Å². The predicted molar refractivity (Wildman–Crippen MR) is 70.2 cm³/mol. The Bertz CT molecular complexity index is 467. The summed E-state index contributed by atoms with van der Waals surface area (Å²) in [5, 5.41) is 0.899. The highest BCUT2D eigenvalue weighted by atomic mass is 32.2. The van der Waals surface area contributed by atoms with E-state index >= 15 is 0 Å². The van der Waals surface area contributed by atoms with Gasteiger partial charge < -0.3 is 14.5 Å². The van der Waals surface area contributed by atoms with Crippen molar-refractivity contribution in [2.45, 2.75) is 19.0 Å². The summed E-state index contributed by atoms with van der Waals surface area (Å²) in [5.41, 5.74) is 1.88. The van der Waals surface area contributed by atoms with Gasteiger partial charge in [0.15, 0.2) is 16.7 Å². The van der Waals surface area contributed by atoms with Crippen molar-refractivity contribution in [3.05, 3.63) is 12.1 Å². The van der Waals surface area contributed by atoms with E-state index in [9.17, 15) is 0 Å². The fourth-order valence-corrected chi connectivity index (χ4v) is 2.03. The van der Waals surface area contributed by atoms with Crippen LogP contribution in [0.4, 0.5) is 0 Å². The molecule has 0 bridgehead atoms. The molecular formula is C12H16N2O2S. The van der Waals surface area contributed by atoms with Crippen molar-refractivity contribution in [1.29, 1.82) is 0 Å². The van der Waals surface area contributed by atoms with Crippen LogP contribution in [0.5, 0.6) is 11.5 Å². The SMILES string of the molecule is CCOc1cc2nc(SC)[nH]c2cc1OCC. The number of imidazole rings is 1. The third-order valence-electron chi connectivity index (χ3n) is 2.32. The molecule has 1 heterocycles. The number of hydrogen-bond acceptors (Lipinski definition) is 4. The first-order valence-corrected chi connectivity index (χ1v) is 6.84. The standard InChI is InChI=1S/C12H16N2O2S/c1-4-15-10-6-8-9(7-11(10)16-5-2)14-12(13-8)17-3/h6-7H,4-5H2,1-3H3,(H,13,14). The van der Waals surface area contributed by atoms with Gasteiger partial charge in [-0.3, -0.25) is 0 Å². The highest BCUT2D eigenvalue weighted by Crippen LogP contribution is 2.32. The summed E-state index contributed by atoms with van der Waals surface area (Å²) in [4.78, 5) is 7.68. The molecule has 0 aliphatic heterocycles. The number of H-pyrrole nitrogens is 1. The van der Waals surface area contributed by atoms with E-state index in [1.807, 2.05) is 32.2 Å². The number of thioether (sulfide) groups is 1. The Morgan fingerprint density at radius 1 is 1.18 bits per heavy atom. The zero-order valence-electron chi connectivity index (χ0n) is 10.2. The summed E-state index contributed by atoms with van der Waals surface area (Å²) in [5.74, 6) is 1.51. The van der Waals surface area contributed by atoms with Crippen molar-refractivity contribution in [2.24, 2.45) is 0 Å². The maximum absolute atomic E-state index is 5.56. The van der Waals surface area contributed by atoms with Gasteiger partial charge in [-0.1, -0.05) is 11.8 Å². The molecule has 0 saturated heterocycles. The van der Waals surface area contributed by atoms with Crippen molar-refractivity contribution < 1.29 is 9.47 Å². The van der Waals surface area contributed by atoms with Crippen LogP contribution >= 0.6 is 11.8 Å². The largest absolute Gasteiger partial charge is 0.490 e. The van der Waals surface area contributed by atoms with E-state index in [0.717, 1.165) is 27.7 Å². The van der Waals surface area contributed by atoms with Crippen LogP contribution in [-0.2, 0) is 0 Å². The summed E-state index contributed by atoms with van der Waals surface area (Å²) in [7, 11) is 0. The van der Waals surface area contributed by atoms with Crippen LogP contribution in [0.1, 0.15) is 13.8 Å². The first-order chi connectivity index (χ1) is 8.28. The van der Waals surface area contributed by atoms with Gasteiger partial charge in [0.2, 0.25) is 0 Å². The molecule has 92 valence electrons. The molecule has 0 unspecified atom stereocenters. The quantitative estimate of drug-likeness (QED) is 0.831. The molecule has 17 heavy (non-hydrogen) atoms. The van der Waals surface area contributed by atoms with Crippen molar-refractivity contribution in [2.75, 3.05) is 19.5 Å². The summed E-state index contributed by atoms with van der Waals surface area (Å²) < 4.78 is 11.1. The van der Waals surface area contributed by atoms with E-state index in [2.05, 4.69) is 9.97 Å². The average Bonchev–Trinajstić information content (AvgIpc) is 2.72. The Hall–Kier alpha value is -1.36. The fourth-order valence-electron chi connectivity index (χ4n) is 1.63. The molecule has 1 aromatic heterocycles. The maximum atomic E-state index is 5.56. The van der Waals surface area contributed by atoms with E-state index in [0.29, 0.717) is 13.2 Å². The third-order valence-corrected chi connectivity index (χ3v) is 2.90. The van der Waals surface area contributed by atoms with Crippen molar-refractivity contribution in [3.63, 3.8) is 0 Å². The highest BCUT2D eigenvalue weighted by molar-refractivity contribution is 7.98. The van der Waals surface area contributed by atoms with Crippen LogP contribution < -0.4 is 9.47 Å². The first-order valence-electron chi connectivity index (χ1n) is 5.61. The molecule has 1 aromatic carbocycles. The van der Waals surface area contributed by atoms with Gasteiger partial charge in [-0.25, -0.2) is 4.98 Å². The summed E-state index contributed by atoms with van der Waals surface area (Å²) in [6, 6.07) is 3.86. The lowest BCUT2D eigenvalue weighted by Crippen LogP contribution is -1.98. The summed E-state index contributed by atoms with van der Waals surface area (Å²) in [6.07, 6.45) is 1.99. The van der Waals surface area contributed by atoms with Gasteiger partial charge in [-0.05, 0) is 20.1 Å². The highest BCUT2D eigenvalue weighted by Gasteiger charge is 2.10. The van der Waals surface area contributed by atoms with Crippen LogP contribution in [0.3, 0.4) is 0 Å². The molecule has 0 atom stereocenters. The monoisotopic (exact) mass is 252 g/mol. The molecule has 5 heteroatoms. The van der Waals surface area contributed by atoms with E-state index in [-0.39, 0.29) is 0 Å².